The van der Waals surface area contributed by atoms with Crippen LogP contribution in [0.15, 0.2) is 23.1 Å². The van der Waals surface area contributed by atoms with Gasteiger partial charge in [-0.05, 0) is 37.6 Å². The molecule has 162 valence electrons. The van der Waals surface area contributed by atoms with Crippen LogP contribution in [0.3, 0.4) is 0 Å². The Morgan fingerprint density at radius 1 is 1.23 bits per heavy atom. The molecule has 0 saturated carbocycles. The van der Waals surface area contributed by atoms with Gasteiger partial charge in [-0.3, -0.25) is 4.79 Å². The molecule has 0 saturated heterocycles. The molecule has 0 radical (unpaired) electrons. The van der Waals surface area contributed by atoms with Gasteiger partial charge in [-0.2, -0.15) is 0 Å². The molecule has 1 aromatic heterocycles. The molecule has 1 amide bonds. The van der Waals surface area contributed by atoms with Crippen molar-refractivity contribution < 1.29 is 32.2 Å². The van der Waals surface area contributed by atoms with E-state index in [1.165, 1.54) is 30.2 Å². The molecule has 30 heavy (non-hydrogen) atoms. The van der Waals surface area contributed by atoms with Gasteiger partial charge in [0.15, 0.2) is 9.84 Å². The quantitative estimate of drug-likeness (QED) is 0.543. The minimum absolute atomic E-state index is 0.0892. The van der Waals surface area contributed by atoms with Gasteiger partial charge in [-0.25, -0.2) is 13.2 Å². The number of amides is 1. The van der Waals surface area contributed by atoms with Gasteiger partial charge in [0.05, 0.1) is 29.3 Å². The van der Waals surface area contributed by atoms with Gasteiger partial charge in [-0.15, -0.1) is 0 Å². The monoisotopic (exact) mass is 436 g/mol. The zero-order chi connectivity index (χ0) is 22.1. The van der Waals surface area contributed by atoms with Gasteiger partial charge in [0, 0.05) is 19.1 Å². The number of carbonyl (C=O) groups is 2. The number of hydrogen-bond donors (Lipinski definition) is 1. The Kier molecular flexibility index (Phi) is 6.18. The summed E-state index contributed by atoms with van der Waals surface area (Å²) in [4.78, 5) is 30.2. The molecule has 1 aliphatic rings. The number of anilines is 1. The van der Waals surface area contributed by atoms with E-state index >= 15 is 0 Å². The van der Waals surface area contributed by atoms with Gasteiger partial charge < -0.3 is 24.1 Å². The number of rotatable bonds is 6. The number of esters is 1. The van der Waals surface area contributed by atoms with E-state index in [-0.39, 0.29) is 42.9 Å². The molecular formula is C20H24N2O7S. The Morgan fingerprint density at radius 3 is 2.63 bits per heavy atom. The van der Waals surface area contributed by atoms with Gasteiger partial charge >= 0.3 is 5.97 Å². The fourth-order valence-electron chi connectivity index (χ4n) is 3.33. The fraction of sp³-hybridized carbons (Fsp3) is 0.400. The molecule has 9 nitrogen and oxygen atoms in total. The Balaban J connectivity index is 1.96. The van der Waals surface area contributed by atoms with Crippen LogP contribution in [0.1, 0.15) is 32.1 Å². The van der Waals surface area contributed by atoms with Gasteiger partial charge in [0.25, 0.3) is 5.91 Å². The van der Waals surface area contributed by atoms with Crippen LogP contribution >= 0.6 is 0 Å². The maximum Gasteiger partial charge on any atom is 0.340 e. The second-order valence-corrected chi connectivity index (χ2v) is 8.98. The molecule has 0 atom stereocenters. The Hall–Kier alpha value is -2.85. The number of hydrogen-bond acceptors (Lipinski definition) is 7. The molecule has 0 aliphatic carbocycles. The van der Waals surface area contributed by atoms with Crippen molar-refractivity contribution >= 4 is 27.4 Å². The number of fused-ring (bicyclic) bond motifs is 1. The number of aryl methyl sites for hydroxylation is 1. The van der Waals surface area contributed by atoms with Crippen molar-refractivity contribution in [2.75, 3.05) is 44.6 Å². The average Bonchev–Trinajstić information content (AvgIpc) is 3.00. The predicted molar refractivity (Wildman–Crippen MR) is 109 cm³/mol. The van der Waals surface area contributed by atoms with Crippen molar-refractivity contribution in [2.45, 2.75) is 18.7 Å². The SMILES string of the molecule is COCCOC(=O)c1c(C)[nH]c(C(=O)N2CCOc3ccc(S(C)(=O)=O)cc32)c1C. The first-order valence-corrected chi connectivity index (χ1v) is 11.2. The van der Waals surface area contributed by atoms with Gasteiger partial charge in [0.2, 0.25) is 0 Å². The first kappa shape index (κ1) is 21.8. The standard InChI is InChI=1S/C20H24N2O7S/c1-12-17(20(24)29-10-9-27-3)13(2)21-18(12)19(23)22-7-8-28-16-6-5-14(11-15(16)22)30(4,25)26/h5-6,11,21H,7-10H2,1-4H3. The van der Waals surface area contributed by atoms with Crippen LogP contribution in [-0.4, -0.2) is 65.0 Å². The minimum atomic E-state index is -3.46. The van der Waals surface area contributed by atoms with Crippen LogP contribution < -0.4 is 9.64 Å². The third-order valence-corrected chi connectivity index (χ3v) is 5.95. The highest BCUT2D eigenvalue weighted by Gasteiger charge is 2.30. The lowest BCUT2D eigenvalue weighted by molar-refractivity contribution is 0.0386. The number of methoxy groups -OCH3 is 1. The zero-order valence-electron chi connectivity index (χ0n) is 17.3. The maximum absolute atomic E-state index is 13.3. The summed E-state index contributed by atoms with van der Waals surface area (Å²) in [6, 6.07) is 4.41. The van der Waals surface area contributed by atoms with Crippen LogP contribution in [-0.2, 0) is 19.3 Å². The van der Waals surface area contributed by atoms with Crippen LogP contribution in [0.4, 0.5) is 5.69 Å². The van der Waals surface area contributed by atoms with E-state index in [0.717, 1.165) is 6.26 Å². The summed E-state index contributed by atoms with van der Waals surface area (Å²) >= 11 is 0. The fourth-order valence-corrected chi connectivity index (χ4v) is 3.97. The largest absolute Gasteiger partial charge is 0.490 e. The van der Waals surface area contributed by atoms with E-state index in [9.17, 15) is 18.0 Å². The third kappa shape index (κ3) is 4.19. The van der Waals surface area contributed by atoms with Crippen molar-refractivity contribution in [1.29, 1.82) is 0 Å². The number of H-pyrrole nitrogens is 1. The summed E-state index contributed by atoms with van der Waals surface area (Å²) in [5.74, 6) is -0.511. The van der Waals surface area contributed by atoms with Gasteiger partial charge in [-0.1, -0.05) is 0 Å². The highest BCUT2D eigenvalue weighted by Crippen LogP contribution is 2.35. The zero-order valence-corrected chi connectivity index (χ0v) is 18.1. The maximum atomic E-state index is 13.3. The molecule has 1 aliphatic heterocycles. The number of sulfone groups is 1. The lowest BCUT2D eigenvalue weighted by Gasteiger charge is -2.29. The summed E-state index contributed by atoms with van der Waals surface area (Å²) in [5, 5.41) is 0. The second-order valence-electron chi connectivity index (χ2n) is 6.96. The number of benzene rings is 1. The van der Waals surface area contributed by atoms with Gasteiger partial charge in [0.1, 0.15) is 24.7 Å². The number of nitrogens with one attached hydrogen (secondary N) is 1. The molecule has 1 aromatic carbocycles. The highest BCUT2D eigenvalue weighted by atomic mass is 32.2. The number of aromatic amines is 1. The summed E-state index contributed by atoms with van der Waals surface area (Å²) < 4.78 is 39.5. The molecule has 0 spiro atoms. The summed E-state index contributed by atoms with van der Waals surface area (Å²) in [6.45, 7) is 4.23. The molecule has 1 N–H and O–H groups in total. The number of aromatic nitrogens is 1. The number of ether oxygens (including phenoxy) is 3. The van der Waals surface area contributed by atoms with E-state index in [1.807, 2.05) is 0 Å². The topological polar surface area (TPSA) is 115 Å². The number of carbonyl (C=O) groups excluding carboxylic acids is 2. The van der Waals surface area contributed by atoms with Crippen LogP contribution in [0, 0.1) is 13.8 Å². The number of nitrogens with zero attached hydrogens (tertiary/aromatic N) is 1. The first-order chi connectivity index (χ1) is 14.1. The normalized spacial score (nSPS) is 13.5. The summed E-state index contributed by atoms with van der Waals surface area (Å²) in [5.41, 5.74) is 1.88. The lowest BCUT2D eigenvalue weighted by Crippen LogP contribution is -2.38. The van der Waals surface area contributed by atoms with Crippen LogP contribution in [0.2, 0.25) is 0 Å². The molecule has 0 fully saturated rings. The van der Waals surface area contributed by atoms with Crippen molar-refractivity contribution in [3.63, 3.8) is 0 Å². The molecular weight excluding hydrogens is 412 g/mol. The van der Waals surface area contributed by atoms with E-state index in [4.69, 9.17) is 14.2 Å². The van der Waals surface area contributed by atoms with E-state index in [2.05, 4.69) is 4.98 Å². The van der Waals surface area contributed by atoms with Crippen molar-refractivity contribution in [2.24, 2.45) is 0 Å². The second kappa shape index (κ2) is 8.49. The van der Waals surface area contributed by atoms with E-state index in [1.54, 1.807) is 13.8 Å². The van der Waals surface area contributed by atoms with Crippen LogP contribution in [0.25, 0.3) is 0 Å². The minimum Gasteiger partial charge on any atom is -0.490 e. The van der Waals surface area contributed by atoms with Crippen molar-refractivity contribution in [3.8, 4) is 5.75 Å². The molecule has 2 heterocycles. The average molecular weight is 436 g/mol. The molecule has 0 unspecified atom stereocenters. The Labute approximate surface area is 174 Å². The van der Waals surface area contributed by atoms with E-state index in [0.29, 0.717) is 28.3 Å². The molecule has 2 aromatic rings. The van der Waals surface area contributed by atoms with Crippen LogP contribution in [0.5, 0.6) is 5.75 Å². The smallest absolute Gasteiger partial charge is 0.340 e. The lowest BCUT2D eigenvalue weighted by atomic mass is 10.1. The summed E-state index contributed by atoms with van der Waals surface area (Å²) in [7, 11) is -1.95. The summed E-state index contributed by atoms with van der Waals surface area (Å²) in [6.07, 6.45) is 1.10. The molecule has 10 heteroatoms. The first-order valence-electron chi connectivity index (χ1n) is 9.29. The highest BCUT2D eigenvalue weighted by molar-refractivity contribution is 7.90. The van der Waals surface area contributed by atoms with E-state index < -0.39 is 15.8 Å². The third-order valence-electron chi connectivity index (χ3n) is 4.84. The Morgan fingerprint density at radius 2 is 1.97 bits per heavy atom. The van der Waals surface area contributed by atoms with Crippen molar-refractivity contribution in [1.82, 2.24) is 4.98 Å². The predicted octanol–water partition coefficient (Wildman–Crippen LogP) is 1.88. The molecule has 0 bridgehead atoms. The Bertz CT molecular complexity index is 1090. The van der Waals surface area contributed by atoms with Crippen molar-refractivity contribution in [3.05, 3.63) is 40.7 Å². The molecule has 3 rings (SSSR count).